The Morgan fingerprint density at radius 2 is 1.67 bits per heavy atom. The van der Waals surface area contributed by atoms with Crippen molar-refractivity contribution < 1.29 is 28.3 Å². The Morgan fingerprint density at radius 3 is 2.41 bits per heavy atom. The summed E-state index contributed by atoms with van der Waals surface area (Å²) in [6.45, 7) is 4.28. The quantitative estimate of drug-likeness (QED) is 0.181. The van der Waals surface area contributed by atoms with Crippen molar-refractivity contribution in [2.45, 2.75) is 20.5 Å². The van der Waals surface area contributed by atoms with Gasteiger partial charge in [0.2, 0.25) is 0 Å². The molecule has 0 saturated carbocycles. The molecule has 0 aliphatic heterocycles. The van der Waals surface area contributed by atoms with Gasteiger partial charge in [0.05, 0.1) is 11.8 Å². The van der Waals surface area contributed by atoms with Crippen LogP contribution in [0.2, 0.25) is 0 Å². The molecule has 0 saturated heterocycles. The molecular formula is C30H25N3O6. The Morgan fingerprint density at radius 1 is 0.923 bits per heavy atom. The molecule has 9 nitrogen and oxygen atoms in total. The van der Waals surface area contributed by atoms with Crippen LogP contribution in [-0.2, 0) is 6.61 Å². The molecular weight excluding hydrogens is 498 g/mol. The number of aromatic nitrogens is 1. The number of amides is 1. The fraction of sp³-hybridized carbons (Fsp3) is 0.100. The molecule has 9 heteroatoms. The molecule has 1 amide bonds. The van der Waals surface area contributed by atoms with E-state index in [1.54, 1.807) is 36.4 Å². The first-order valence-corrected chi connectivity index (χ1v) is 12.1. The van der Waals surface area contributed by atoms with Crippen LogP contribution < -0.4 is 10.2 Å². The highest BCUT2D eigenvalue weighted by atomic mass is 16.5. The van der Waals surface area contributed by atoms with E-state index in [0.29, 0.717) is 28.6 Å². The Hall–Kier alpha value is -5.31. The first kappa shape index (κ1) is 25.3. The lowest BCUT2D eigenvalue weighted by Crippen LogP contribution is -2.16. The van der Waals surface area contributed by atoms with Crippen LogP contribution in [0.4, 0.5) is 0 Å². The zero-order valence-corrected chi connectivity index (χ0v) is 21.3. The maximum absolute atomic E-state index is 12.4. The van der Waals surface area contributed by atoms with Gasteiger partial charge < -0.3 is 23.2 Å². The van der Waals surface area contributed by atoms with E-state index in [1.807, 2.05) is 24.3 Å². The van der Waals surface area contributed by atoms with E-state index < -0.39 is 11.9 Å². The van der Waals surface area contributed by atoms with Gasteiger partial charge in [0.1, 0.15) is 29.6 Å². The second-order valence-corrected chi connectivity index (χ2v) is 8.75. The SMILES string of the molecule is Cc1ccc(C)n1-c1ccc(OCc2ccc(C(=O)N/N=C/c3ccc(-c4ccccc4C(=O)O)o3)o2)cc1. The van der Waals surface area contributed by atoms with Crippen LogP contribution in [0.5, 0.6) is 5.75 Å². The number of furan rings is 2. The van der Waals surface area contributed by atoms with Gasteiger partial charge in [-0.05, 0) is 80.6 Å². The van der Waals surface area contributed by atoms with Crippen LogP contribution >= 0.6 is 0 Å². The summed E-state index contributed by atoms with van der Waals surface area (Å²) in [6, 6.07) is 24.9. The molecule has 0 radical (unpaired) electrons. The molecule has 0 unspecified atom stereocenters. The van der Waals surface area contributed by atoms with Crippen LogP contribution in [0, 0.1) is 13.8 Å². The van der Waals surface area contributed by atoms with Crippen LogP contribution in [0.3, 0.4) is 0 Å². The van der Waals surface area contributed by atoms with Crippen molar-refractivity contribution in [3.05, 3.63) is 119 Å². The summed E-state index contributed by atoms with van der Waals surface area (Å²) >= 11 is 0. The molecule has 0 atom stereocenters. The summed E-state index contributed by atoms with van der Waals surface area (Å²) in [7, 11) is 0. The average Bonchev–Trinajstić information content (AvgIpc) is 3.68. The molecule has 5 aromatic rings. The molecule has 0 fully saturated rings. The zero-order chi connectivity index (χ0) is 27.4. The largest absolute Gasteiger partial charge is 0.486 e. The van der Waals surface area contributed by atoms with Gasteiger partial charge in [0.15, 0.2) is 5.76 Å². The minimum absolute atomic E-state index is 0.0789. The summed E-state index contributed by atoms with van der Waals surface area (Å²) in [6.07, 6.45) is 1.32. The molecule has 0 aliphatic carbocycles. The number of carboxylic acids is 1. The van der Waals surface area contributed by atoms with Gasteiger partial charge in [0, 0.05) is 22.6 Å². The molecule has 39 heavy (non-hydrogen) atoms. The van der Waals surface area contributed by atoms with Crippen molar-refractivity contribution in [1.29, 1.82) is 0 Å². The maximum atomic E-state index is 12.4. The summed E-state index contributed by atoms with van der Waals surface area (Å²) in [5.41, 5.74) is 6.31. The Labute approximate surface area is 224 Å². The Balaban J connectivity index is 1.15. The number of carboxylic acid groups (broad SMARTS) is 1. The third kappa shape index (κ3) is 5.67. The summed E-state index contributed by atoms with van der Waals surface area (Å²) in [4.78, 5) is 23.9. The standard InChI is InChI=1S/C30H25N3O6/c1-19-7-8-20(2)33(19)21-9-11-22(12-10-21)37-18-24-14-16-28(39-24)29(34)32-31-17-23-13-15-27(38-23)25-5-3-4-6-26(25)30(35)36/h3-17H,18H2,1-2H3,(H,32,34)(H,35,36)/b31-17+. The summed E-state index contributed by atoms with van der Waals surface area (Å²) < 4.78 is 19.2. The minimum Gasteiger partial charge on any atom is -0.486 e. The topological polar surface area (TPSA) is 119 Å². The molecule has 5 rings (SSSR count). The maximum Gasteiger partial charge on any atom is 0.336 e. The number of nitrogens with one attached hydrogen (secondary N) is 1. The van der Waals surface area contributed by atoms with Crippen molar-refractivity contribution in [3.63, 3.8) is 0 Å². The number of carbonyl (C=O) groups excluding carboxylic acids is 1. The fourth-order valence-electron chi connectivity index (χ4n) is 4.16. The third-order valence-electron chi connectivity index (χ3n) is 6.04. The van der Waals surface area contributed by atoms with Gasteiger partial charge in [-0.3, -0.25) is 4.79 Å². The highest BCUT2D eigenvalue weighted by molar-refractivity contribution is 5.95. The van der Waals surface area contributed by atoms with Crippen LogP contribution in [0.15, 0.2) is 98.9 Å². The lowest BCUT2D eigenvalue weighted by atomic mass is 10.1. The number of aromatic carboxylic acids is 1. The van der Waals surface area contributed by atoms with Crippen molar-refractivity contribution in [3.8, 4) is 22.8 Å². The lowest BCUT2D eigenvalue weighted by Gasteiger charge is -2.10. The van der Waals surface area contributed by atoms with E-state index in [4.69, 9.17) is 13.6 Å². The van der Waals surface area contributed by atoms with Crippen LogP contribution in [0.25, 0.3) is 17.0 Å². The predicted molar refractivity (Wildman–Crippen MR) is 144 cm³/mol. The normalized spacial score (nSPS) is 11.1. The van der Waals surface area contributed by atoms with Gasteiger partial charge >= 0.3 is 11.9 Å². The Bertz CT molecular complexity index is 1640. The smallest absolute Gasteiger partial charge is 0.336 e. The molecule has 2 aromatic carbocycles. The highest BCUT2D eigenvalue weighted by Crippen LogP contribution is 2.25. The number of benzene rings is 2. The van der Waals surface area contributed by atoms with Gasteiger partial charge in [-0.1, -0.05) is 18.2 Å². The molecule has 0 aliphatic rings. The number of hydrogen-bond donors (Lipinski definition) is 2. The van der Waals surface area contributed by atoms with Gasteiger partial charge in [0.25, 0.3) is 0 Å². The van der Waals surface area contributed by atoms with Gasteiger partial charge in [-0.2, -0.15) is 5.10 Å². The summed E-state index contributed by atoms with van der Waals surface area (Å²) in [5.74, 6) is 0.365. The Kier molecular flexibility index (Phi) is 7.13. The molecule has 2 N–H and O–H groups in total. The average molecular weight is 524 g/mol. The second-order valence-electron chi connectivity index (χ2n) is 8.75. The van der Waals surface area contributed by atoms with E-state index in [2.05, 4.69) is 41.1 Å². The molecule has 0 spiro atoms. The number of carbonyl (C=O) groups is 2. The number of hydrazone groups is 1. The van der Waals surface area contributed by atoms with E-state index in [0.717, 1.165) is 17.1 Å². The monoisotopic (exact) mass is 523 g/mol. The van der Waals surface area contributed by atoms with Crippen molar-refractivity contribution in [2.24, 2.45) is 5.10 Å². The number of rotatable bonds is 9. The highest BCUT2D eigenvalue weighted by Gasteiger charge is 2.14. The van der Waals surface area contributed by atoms with E-state index in [-0.39, 0.29) is 17.9 Å². The molecule has 0 bridgehead atoms. The predicted octanol–water partition coefficient (Wildman–Crippen LogP) is 5.99. The molecule has 196 valence electrons. The molecule has 3 aromatic heterocycles. The van der Waals surface area contributed by atoms with E-state index >= 15 is 0 Å². The number of hydrogen-bond acceptors (Lipinski definition) is 6. The van der Waals surface area contributed by atoms with Gasteiger partial charge in [-0.15, -0.1) is 0 Å². The van der Waals surface area contributed by atoms with Crippen LogP contribution in [-0.4, -0.2) is 27.8 Å². The first-order valence-electron chi connectivity index (χ1n) is 12.1. The minimum atomic E-state index is -1.05. The first-order chi connectivity index (χ1) is 18.9. The number of aryl methyl sites for hydroxylation is 2. The zero-order valence-electron chi connectivity index (χ0n) is 21.3. The van der Waals surface area contributed by atoms with Crippen molar-refractivity contribution in [1.82, 2.24) is 9.99 Å². The fourth-order valence-corrected chi connectivity index (χ4v) is 4.16. The van der Waals surface area contributed by atoms with Gasteiger partial charge in [-0.25, -0.2) is 10.2 Å². The summed E-state index contributed by atoms with van der Waals surface area (Å²) in [5, 5.41) is 13.3. The third-order valence-corrected chi connectivity index (χ3v) is 6.04. The van der Waals surface area contributed by atoms with E-state index in [1.165, 1.54) is 18.3 Å². The van der Waals surface area contributed by atoms with Crippen molar-refractivity contribution >= 4 is 18.1 Å². The second kappa shape index (κ2) is 11.0. The number of ether oxygens (including phenoxy) is 1. The van der Waals surface area contributed by atoms with E-state index in [9.17, 15) is 14.7 Å². The van der Waals surface area contributed by atoms with Crippen LogP contribution in [0.1, 0.15) is 43.8 Å². The molecule has 3 heterocycles. The van der Waals surface area contributed by atoms with Crippen molar-refractivity contribution in [2.75, 3.05) is 0 Å². The number of nitrogens with zero attached hydrogens (tertiary/aromatic N) is 2. The lowest BCUT2D eigenvalue weighted by molar-refractivity contribution is 0.0697.